The Morgan fingerprint density at radius 2 is 1.79 bits per heavy atom. The summed E-state index contributed by atoms with van der Waals surface area (Å²) < 4.78 is 5.89. The molecule has 0 amide bonds. The molecule has 0 saturated carbocycles. The van der Waals surface area contributed by atoms with Crippen LogP contribution in [-0.2, 0) is 4.74 Å². The van der Waals surface area contributed by atoms with Crippen molar-refractivity contribution in [1.82, 2.24) is 10.2 Å². The highest BCUT2D eigenvalue weighted by atomic mass is 16.5. The van der Waals surface area contributed by atoms with Crippen molar-refractivity contribution in [2.24, 2.45) is 0 Å². The van der Waals surface area contributed by atoms with Crippen LogP contribution in [0.4, 0.5) is 0 Å². The van der Waals surface area contributed by atoms with E-state index in [1.54, 1.807) is 0 Å². The minimum atomic E-state index is -0.000720. The smallest absolute Gasteiger partial charge is 0.0752 e. The van der Waals surface area contributed by atoms with Gasteiger partial charge in [0.25, 0.3) is 0 Å². The summed E-state index contributed by atoms with van der Waals surface area (Å²) >= 11 is 0. The highest BCUT2D eigenvalue weighted by Gasteiger charge is 2.42. The van der Waals surface area contributed by atoms with Crippen molar-refractivity contribution >= 4 is 0 Å². The van der Waals surface area contributed by atoms with Gasteiger partial charge < -0.3 is 10.1 Å². The topological polar surface area (TPSA) is 24.5 Å². The molecule has 19 heavy (non-hydrogen) atoms. The zero-order valence-corrected chi connectivity index (χ0v) is 13.2. The minimum absolute atomic E-state index is 0.000720. The van der Waals surface area contributed by atoms with Crippen LogP contribution in [0.5, 0.6) is 0 Å². The van der Waals surface area contributed by atoms with E-state index in [1.807, 2.05) is 0 Å². The largest absolute Gasteiger partial charge is 0.375 e. The summed E-state index contributed by atoms with van der Waals surface area (Å²) in [6.07, 6.45) is 6.68. The third kappa shape index (κ3) is 3.93. The second kappa shape index (κ2) is 6.55. The molecule has 2 saturated heterocycles. The molecule has 2 rings (SSSR count). The summed E-state index contributed by atoms with van der Waals surface area (Å²) in [5, 5.41) is 3.72. The van der Waals surface area contributed by atoms with Gasteiger partial charge in [0.15, 0.2) is 0 Å². The molecule has 2 fully saturated rings. The molecule has 2 unspecified atom stereocenters. The summed E-state index contributed by atoms with van der Waals surface area (Å²) in [6.45, 7) is 11.9. The Labute approximate surface area is 119 Å². The van der Waals surface area contributed by atoms with Crippen molar-refractivity contribution in [3.63, 3.8) is 0 Å². The van der Waals surface area contributed by atoms with Gasteiger partial charge in [0.2, 0.25) is 0 Å². The Kier molecular flexibility index (Phi) is 5.27. The third-order valence-corrected chi connectivity index (χ3v) is 4.67. The van der Waals surface area contributed by atoms with Gasteiger partial charge in [0.05, 0.1) is 5.60 Å². The molecule has 0 aromatic heterocycles. The predicted molar refractivity (Wildman–Crippen MR) is 80.5 cm³/mol. The molecule has 1 N–H and O–H groups in total. The van der Waals surface area contributed by atoms with Gasteiger partial charge in [0, 0.05) is 31.3 Å². The molecule has 112 valence electrons. The standard InChI is InChI=1S/C16H32N2O/c1-5-9-17-13-10-14-7-8-15(11-13)18(14)12-16(3,4)19-6-2/h13-15,17H,5-12H2,1-4H3. The Morgan fingerprint density at radius 1 is 1.16 bits per heavy atom. The zero-order valence-electron chi connectivity index (χ0n) is 13.2. The first-order chi connectivity index (χ1) is 9.05. The highest BCUT2D eigenvalue weighted by Crippen LogP contribution is 2.37. The normalized spacial score (nSPS) is 31.9. The van der Waals surface area contributed by atoms with E-state index in [4.69, 9.17) is 4.74 Å². The summed E-state index contributed by atoms with van der Waals surface area (Å²) in [6, 6.07) is 2.32. The number of piperidine rings is 1. The van der Waals surface area contributed by atoms with Gasteiger partial charge in [-0.15, -0.1) is 0 Å². The van der Waals surface area contributed by atoms with Crippen molar-refractivity contribution in [3.8, 4) is 0 Å². The van der Waals surface area contributed by atoms with E-state index in [9.17, 15) is 0 Å². The van der Waals surface area contributed by atoms with Crippen molar-refractivity contribution in [2.45, 2.75) is 83.5 Å². The van der Waals surface area contributed by atoms with Gasteiger partial charge >= 0.3 is 0 Å². The van der Waals surface area contributed by atoms with Gasteiger partial charge in [-0.3, -0.25) is 4.90 Å². The van der Waals surface area contributed by atoms with Crippen LogP contribution in [0.15, 0.2) is 0 Å². The van der Waals surface area contributed by atoms with Crippen molar-refractivity contribution in [1.29, 1.82) is 0 Å². The van der Waals surface area contributed by atoms with Crippen LogP contribution in [0.2, 0.25) is 0 Å². The van der Waals surface area contributed by atoms with Crippen LogP contribution in [0.3, 0.4) is 0 Å². The molecule has 0 aromatic rings. The molecule has 0 aromatic carbocycles. The van der Waals surface area contributed by atoms with E-state index < -0.39 is 0 Å². The number of rotatable bonds is 7. The summed E-state index contributed by atoms with van der Waals surface area (Å²) in [5.74, 6) is 0. The molecule has 2 aliphatic heterocycles. The van der Waals surface area contributed by atoms with E-state index in [2.05, 4.69) is 37.9 Å². The maximum atomic E-state index is 5.89. The van der Waals surface area contributed by atoms with Gasteiger partial charge in [0.1, 0.15) is 0 Å². The first-order valence-corrected chi connectivity index (χ1v) is 8.18. The van der Waals surface area contributed by atoms with Gasteiger partial charge in [-0.1, -0.05) is 6.92 Å². The fourth-order valence-corrected chi connectivity index (χ4v) is 3.92. The molecular weight excluding hydrogens is 236 g/mol. The van der Waals surface area contributed by atoms with Crippen LogP contribution in [0, 0.1) is 0 Å². The number of nitrogens with zero attached hydrogens (tertiary/aromatic N) is 1. The molecule has 0 spiro atoms. The molecule has 2 heterocycles. The van der Waals surface area contributed by atoms with E-state index in [-0.39, 0.29) is 5.60 Å². The molecule has 2 bridgehead atoms. The van der Waals surface area contributed by atoms with Crippen molar-refractivity contribution in [3.05, 3.63) is 0 Å². The van der Waals surface area contributed by atoms with E-state index in [0.717, 1.165) is 31.3 Å². The molecule has 0 aliphatic carbocycles. The number of nitrogens with one attached hydrogen (secondary N) is 1. The molecule has 0 radical (unpaired) electrons. The number of ether oxygens (including phenoxy) is 1. The highest BCUT2D eigenvalue weighted by molar-refractivity contribution is 4.99. The second-order valence-corrected chi connectivity index (χ2v) is 6.87. The SMILES string of the molecule is CCCNC1CC2CCC(C1)N2CC(C)(C)OCC. The summed E-state index contributed by atoms with van der Waals surface area (Å²) in [4.78, 5) is 2.74. The lowest BCUT2D eigenvalue weighted by atomic mass is 9.95. The lowest BCUT2D eigenvalue weighted by molar-refractivity contribution is -0.0517. The fraction of sp³-hybridized carbons (Fsp3) is 1.00. The van der Waals surface area contributed by atoms with E-state index in [0.29, 0.717) is 0 Å². The van der Waals surface area contributed by atoms with Gasteiger partial charge in [-0.25, -0.2) is 0 Å². The van der Waals surface area contributed by atoms with Crippen LogP contribution in [-0.4, -0.2) is 48.3 Å². The Balaban J connectivity index is 1.88. The first-order valence-electron chi connectivity index (χ1n) is 8.18. The van der Waals surface area contributed by atoms with Crippen LogP contribution < -0.4 is 5.32 Å². The first kappa shape index (κ1) is 15.3. The molecule has 2 atom stereocenters. The Bertz CT molecular complexity index is 266. The monoisotopic (exact) mass is 268 g/mol. The molecule has 3 heteroatoms. The molecule has 2 aliphatic rings. The van der Waals surface area contributed by atoms with Gasteiger partial charge in [-0.05, 0) is 59.4 Å². The lowest BCUT2D eigenvalue weighted by Crippen LogP contribution is -2.53. The zero-order chi connectivity index (χ0) is 13.9. The summed E-state index contributed by atoms with van der Waals surface area (Å²) in [7, 11) is 0. The van der Waals surface area contributed by atoms with Crippen molar-refractivity contribution in [2.75, 3.05) is 19.7 Å². The Morgan fingerprint density at radius 3 is 2.32 bits per heavy atom. The van der Waals surface area contributed by atoms with Crippen LogP contribution in [0.25, 0.3) is 0 Å². The van der Waals surface area contributed by atoms with E-state index in [1.165, 1.54) is 38.6 Å². The fourth-order valence-electron chi connectivity index (χ4n) is 3.92. The lowest BCUT2D eigenvalue weighted by Gasteiger charge is -2.43. The number of hydrogen-bond donors (Lipinski definition) is 1. The molecular formula is C16H32N2O. The molecule has 3 nitrogen and oxygen atoms in total. The van der Waals surface area contributed by atoms with Gasteiger partial charge in [-0.2, -0.15) is 0 Å². The minimum Gasteiger partial charge on any atom is -0.375 e. The third-order valence-electron chi connectivity index (χ3n) is 4.67. The van der Waals surface area contributed by atoms with Crippen molar-refractivity contribution < 1.29 is 4.74 Å². The number of hydrogen-bond acceptors (Lipinski definition) is 3. The number of fused-ring (bicyclic) bond motifs is 2. The average Bonchev–Trinajstić information content (AvgIpc) is 2.60. The maximum Gasteiger partial charge on any atom is 0.0752 e. The van der Waals surface area contributed by atoms with E-state index >= 15 is 0 Å². The Hall–Kier alpha value is -0.120. The van der Waals surface area contributed by atoms with Crippen LogP contribution >= 0.6 is 0 Å². The quantitative estimate of drug-likeness (QED) is 0.768. The van der Waals surface area contributed by atoms with Crippen LogP contribution in [0.1, 0.15) is 59.8 Å². The average molecular weight is 268 g/mol. The summed E-state index contributed by atoms with van der Waals surface area (Å²) in [5.41, 5.74) is -0.000720. The predicted octanol–water partition coefficient (Wildman–Crippen LogP) is 2.80. The second-order valence-electron chi connectivity index (χ2n) is 6.87. The maximum absolute atomic E-state index is 5.89.